The second-order valence-corrected chi connectivity index (χ2v) is 3.84. The number of nitrogens with two attached hydrogens (primary N) is 1. The van der Waals surface area contributed by atoms with Gasteiger partial charge in [-0.25, -0.2) is 0 Å². The molecule has 0 aliphatic heterocycles. The molecule has 0 aliphatic carbocycles. The van der Waals surface area contributed by atoms with Crippen molar-refractivity contribution in [1.29, 1.82) is 5.26 Å². The van der Waals surface area contributed by atoms with Gasteiger partial charge >= 0.3 is 0 Å². The largest absolute Gasteiger partial charge is 0.324 e. The maximum atomic E-state index is 8.77. The predicted octanol–water partition coefficient (Wildman–Crippen LogP) is 3.56. The lowest BCUT2D eigenvalue weighted by molar-refractivity contribution is 0.581. The molecule has 16 heavy (non-hydrogen) atoms. The second kappa shape index (κ2) is 8.15. The quantitative estimate of drug-likeness (QED) is 0.798. The molecule has 1 rings (SSSR count). The summed E-state index contributed by atoms with van der Waals surface area (Å²) in [5.41, 5.74) is 7.82. The van der Waals surface area contributed by atoms with Crippen LogP contribution in [0.1, 0.15) is 49.8 Å². The lowest BCUT2D eigenvalue weighted by Crippen LogP contribution is -2.10. The Balaban J connectivity index is 0.00000225. The van der Waals surface area contributed by atoms with Gasteiger partial charge in [-0.1, -0.05) is 38.3 Å². The fourth-order valence-electron chi connectivity index (χ4n) is 1.62. The van der Waals surface area contributed by atoms with Crippen molar-refractivity contribution in [2.24, 2.45) is 5.73 Å². The Morgan fingerprint density at radius 3 is 2.75 bits per heavy atom. The highest BCUT2D eigenvalue weighted by Gasteiger charge is 2.05. The third kappa shape index (κ3) is 4.65. The van der Waals surface area contributed by atoms with E-state index in [1.165, 1.54) is 12.8 Å². The van der Waals surface area contributed by atoms with Gasteiger partial charge in [-0.3, -0.25) is 0 Å². The topological polar surface area (TPSA) is 49.8 Å². The first kappa shape index (κ1) is 15.0. The van der Waals surface area contributed by atoms with Gasteiger partial charge < -0.3 is 5.73 Å². The zero-order valence-corrected chi connectivity index (χ0v) is 10.5. The molecule has 0 spiro atoms. The fraction of sp³-hybridized carbons (Fsp3) is 0.462. The Morgan fingerprint density at radius 2 is 2.12 bits per heavy atom. The first-order chi connectivity index (χ1) is 7.27. The van der Waals surface area contributed by atoms with Crippen LogP contribution in [0.5, 0.6) is 0 Å². The van der Waals surface area contributed by atoms with E-state index in [9.17, 15) is 0 Å². The van der Waals surface area contributed by atoms with Crippen LogP contribution in [0.25, 0.3) is 0 Å². The summed E-state index contributed by atoms with van der Waals surface area (Å²) in [7, 11) is 0. The summed E-state index contributed by atoms with van der Waals surface area (Å²) in [6.45, 7) is 2.18. The molecule has 1 aromatic carbocycles. The third-order valence-corrected chi connectivity index (χ3v) is 2.56. The maximum Gasteiger partial charge on any atom is 0.0991 e. The van der Waals surface area contributed by atoms with Crippen molar-refractivity contribution in [2.45, 2.75) is 38.6 Å². The molecule has 0 fully saturated rings. The summed E-state index contributed by atoms with van der Waals surface area (Å²) in [5, 5.41) is 8.77. The molecular formula is C13H19ClN2. The van der Waals surface area contributed by atoms with E-state index < -0.39 is 0 Å². The van der Waals surface area contributed by atoms with E-state index >= 15 is 0 Å². The summed E-state index contributed by atoms with van der Waals surface area (Å²) in [4.78, 5) is 0. The van der Waals surface area contributed by atoms with E-state index in [0.717, 1.165) is 18.4 Å². The number of benzene rings is 1. The monoisotopic (exact) mass is 238 g/mol. The Hall–Kier alpha value is -1.04. The maximum absolute atomic E-state index is 8.77. The van der Waals surface area contributed by atoms with Crippen molar-refractivity contribution in [3.63, 3.8) is 0 Å². The molecule has 0 amide bonds. The number of hydrogen-bond acceptors (Lipinski definition) is 2. The van der Waals surface area contributed by atoms with Gasteiger partial charge in [0, 0.05) is 6.04 Å². The molecule has 0 saturated carbocycles. The molecule has 0 aromatic heterocycles. The number of hydrogen-bond donors (Lipinski definition) is 1. The lowest BCUT2D eigenvalue weighted by Gasteiger charge is -2.11. The normalized spacial score (nSPS) is 11.3. The Labute approximate surface area is 104 Å². The zero-order valence-electron chi connectivity index (χ0n) is 9.65. The molecule has 88 valence electrons. The van der Waals surface area contributed by atoms with Crippen LogP contribution in [0.15, 0.2) is 24.3 Å². The number of rotatable bonds is 5. The van der Waals surface area contributed by atoms with E-state index in [0.29, 0.717) is 5.56 Å². The number of unbranched alkanes of at least 4 members (excludes halogenated alkanes) is 2. The lowest BCUT2D eigenvalue weighted by atomic mass is 10.00. The average Bonchev–Trinajstić information content (AvgIpc) is 2.29. The summed E-state index contributed by atoms with van der Waals surface area (Å²) >= 11 is 0. The van der Waals surface area contributed by atoms with Crippen LogP contribution >= 0.6 is 12.4 Å². The predicted molar refractivity (Wildman–Crippen MR) is 69.5 cm³/mol. The van der Waals surface area contributed by atoms with E-state index in [2.05, 4.69) is 13.0 Å². The van der Waals surface area contributed by atoms with Crippen LogP contribution in [-0.4, -0.2) is 0 Å². The highest BCUT2D eigenvalue weighted by molar-refractivity contribution is 5.85. The summed E-state index contributed by atoms with van der Waals surface area (Å²) in [5.74, 6) is 0. The molecule has 0 bridgehead atoms. The molecule has 0 radical (unpaired) electrons. The zero-order chi connectivity index (χ0) is 11.1. The van der Waals surface area contributed by atoms with Crippen molar-refractivity contribution < 1.29 is 0 Å². The first-order valence-electron chi connectivity index (χ1n) is 5.53. The van der Waals surface area contributed by atoms with Gasteiger partial charge in [0.2, 0.25) is 0 Å². The highest BCUT2D eigenvalue weighted by Crippen LogP contribution is 2.18. The van der Waals surface area contributed by atoms with Gasteiger partial charge in [0.1, 0.15) is 0 Å². The van der Waals surface area contributed by atoms with Gasteiger partial charge in [-0.2, -0.15) is 5.26 Å². The molecule has 3 heteroatoms. The minimum Gasteiger partial charge on any atom is -0.324 e. The molecule has 2 nitrogen and oxygen atoms in total. The Morgan fingerprint density at radius 1 is 1.38 bits per heavy atom. The molecule has 0 unspecified atom stereocenters. The highest BCUT2D eigenvalue weighted by atomic mass is 35.5. The molecule has 0 aliphatic rings. The average molecular weight is 239 g/mol. The molecule has 2 N–H and O–H groups in total. The molecule has 0 saturated heterocycles. The van der Waals surface area contributed by atoms with Gasteiger partial charge in [0.05, 0.1) is 11.6 Å². The fourth-order valence-corrected chi connectivity index (χ4v) is 1.62. The van der Waals surface area contributed by atoms with E-state index in [1.54, 1.807) is 0 Å². The molecule has 1 atom stereocenters. The summed E-state index contributed by atoms with van der Waals surface area (Å²) in [6.07, 6.45) is 4.60. The van der Waals surface area contributed by atoms with E-state index in [-0.39, 0.29) is 18.4 Å². The van der Waals surface area contributed by atoms with Crippen LogP contribution in [-0.2, 0) is 0 Å². The second-order valence-electron chi connectivity index (χ2n) is 3.84. The van der Waals surface area contributed by atoms with Crippen LogP contribution in [0.4, 0.5) is 0 Å². The summed E-state index contributed by atoms with van der Waals surface area (Å²) in [6, 6.07) is 9.80. The van der Waals surface area contributed by atoms with E-state index in [4.69, 9.17) is 11.0 Å². The van der Waals surface area contributed by atoms with Crippen LogP contribution < -0.4 is 5.73 Å². The minimum absolute atomic E-state index is 0. The minimum atomic E-state index is 0. The Kier molecular flexibility index (Phi) is 7.62. The standard InChI is InChI=1S/C13H18N2.ClH/c1-2-3-4-8-13(15)12-7-5-6-11(9-12)10-14;/h5-7,9,13H,2-4,8,15H2,1H3;1H/t13-;/m1./s1. The van der Waals surface area contributed by atoms with Gasteiger partial charge in [0.25, 0.3) is 0 Å². The number of nitriles is 1. The number of nitrogens with zero attached hydrogens (tertiary/aromatic N) is 1. The van der Waals surface area contributed by atoms with Crippen molar-refractivity contribution in [2.75, 3.05) is 0 Å². The van der Waals surface area contributed by atoms with Crippen molar-refractivity contribution in [1.82, 2.24) is 0 Å². The van der Waals surface area contributed by atoms with Crippen LogP contribution in [0, 0.1) is 11.3 Å². The van der Waals surface area contributed by atoms with Gasteiger partial charge in [-0.15, -0.1) is 12.4 Å². The SMILES string of the molecule is CCCCC[C@@H](N)c1cccc(C#N)c1.Cl. The third-order valence-electron chi connectivity index (χ3n) is 2.56. The molecule has 0 heterocycles. The van der Waals surface area contributed by atoms with Crippen molar-refractivity contribution >= 4 is 12.4 Å². The molecule has 1 aromatic rings. The molecular weight excluding hydrogens is 220 g/mol. The smallest absolute Gasteiger partial charge is 0.0991 e. The van der Waals surface area contributed by atoms with E-state index in [1.807, 2.05) is 24.3 Å². The Bertz CT molecular complexity index is 344. The van der Waals surface area contributed by atoms with Crippen LogP contribution in [0.2, 0.25) is 0 Å². The first-order valence-corrected chi connectivity index (χ1v) is 5.53. The van der Waals surface area contributed by atoms with Gasteiger partial charge in [-0.05, 0) is 24.1 Å². The van der Waals surface area contributed by atoms with Crippen LogP contribution in [0.3, 0.4) is 0 Å². The van der Waals surface area contributed by atoms with Crippen molar-refractivity contribution in [3.05, 3.63) is 35.4 Å². The number of halogens is 1. The summed E-state index contributed by atoms with van der Waals surface area (Å²) < 4.78 is 0. The van der Waals surface area contributed by atoms with Crippen molar-refractivity contribution in [3.8, 4) is 6.07 Å². The van der Waals surface area contributed by atoms with Gasteiger partial charge in [0.15, 0.2) is 0 Å².